The monoisotopic (exact) mass is 233 g/mol. The van der Waals surface area contributed by atoms with Crippen molar-refractivity contribution in [2.45, 2.75) is 32.2 Å². The number of nitrogens with one attached hydrogen (secondary N) is 1. The van der Waals surface area contributed by atoms with Crippen molar-refractivity contribution in [3.05, 3.63) is 23.9 Å². The molecular weight excluding hydrogens is 214 g/mol. The van der Waals surface area contributed by atoms with Crippen LogP contribution in [0.15, 0.2) is 18.2 Å². The Morgan fingerprint density at radius 3 is 2.88 bits per heavy atom. The molecule has 1 amide bonds. The highest BCUT2D eigenvalue weighted by molar-refractivity contribution is 5.92. The van der Waals surface area contributed by atoms with Gasteiger partial charge in [-0.3, -0.25) is 4.79 Å². The maximum absolute atomic E-state index is 12.2. The maximum atomic E-state index is 12.2. The molecule has 1 aliphatic rings. The Balaban J connectivity index is 2.09. The number of amides is 1. The van der Waals surface area contributed by atoms with E-state index in [1.807, 2.05) is 31.0 Å². The molecule has 17 heavy (non-hydrogen) atoms. The molecule has 1 fully saturated rings. The molecule has 2 rings (SSSR count). The number of anilines is 1. The van der Waals surface area contributed by atoms with E-state index in [1.165, 1.54) is 6.42 Å². The van der Waals surface area contributed by atoms with Crippen LogP contribution in [0.3, 0.4) is 0 Å². The number of pyridine rings is 1. The summed E-state index contributed by atoms with van der Waals surface area (Å²) in [6.07, 6.45) is 3.47. The smallest absolute Gasteiger partial charge is 0.272 e. The largest absolute Gasteiger partial charge is 0.370 e. The van der Waals surface area contributed by atoms with Crippen molar-refractivity contribution < 1.29 is 4.79 Å². The minimum atomic E-state index is 0.0226. The topological polar surface area (TPSA) is 45.2 Å². The Kier molecular flexibility index (Phi) is 3.61. The SMILES string of the molecule is CCNc1cccc(C(=O)N(C)C2CCC2)n1. The highest BCUT2D eigenvalue weighted by Gasteiger charge is 2.26. The van der Waals surface area contributed by atoms with Gasteiger partial charge in [-0.2, -0.15) is 0 Å². The van der Waals surface area contributed by atoms with E-state index in [1.54, 1.807) is 6.07 Å². The van der Waals surface area contributed by atoms with Gasteiger partial charge in [0.1, 0.15) is 11.5 Å². The quantitative estimate of drug-likeness (QED) is 0.866. The third-order valence-corrected chi connectivity index (χ3v) is 3.27. The lowest BCUT2D eigenvalue weighted by molar-refractivity contribution is 0.0646. The van der Waals surface area contributed by atoms with E-state index in [9.17, 15) is 4.79 Å². The second-order valence-corrected chi connectivity index (χ2v) is 4.44. The normalized spacial score (nSPS) is 15.2. The molecule has 0 aliphatic heterocycles. The summed E-state index contributed by atoms with van der Waals surface area (Å²) in [5, 5.41) is 3.12. The van der Waals surface area contributed by atoms with Gasteiger partial charge in [0.25, 0.3) is 5.91 Å². The lowest BCUT2D eigenvalue weighted by Crippen LogP contribution is -2.41. The first kappa shape index (κ1) is 11.9. The Morgan fingerprint density at radius 1 is 1.53 bits per heavy atom. The molecule has 0 radical (unpaired) electrons. The fourth-order valence-electron chi connectivity index (χ4n) is 1.95. The lowest BCUT2D eigenvalue weighted by Gasteiger charge is -2.34. The molecule has 0 saturated heterocycles. The third-order valence-electron chi connectivity index (χ3n) is 3.27. The summed E-state index contributed by atoms with van der Waals surface area (Å²) in [5.74, 6) is 0.787. The number of carbonyl (C=O) groups excluding carboxylic acids is 1. The number of hydrogen-bond acceptors (Lipinski definition) is 3. The Labute approximate surface area is 102 Å². The van der Waals surface area contributed by atoms with Crippen LogP contribution in [0.25, 0.3) is 0 Å². The van der Waals surface area contributed by atoms with Crippen molar-refractivity contribution in [2.75, 3.05) is 18.9 Å². The zero-order chi connectivity index (χ0) is 12.3. The third kappa shape index (κ3) is 2.57. The van der Waals surface area contributed by atoms with E-state index in [4.69, 9.17) is 0 Å². The molecule has 0 aromatic carbocycles. The molecular formula is C13H19N3O. The number of carbonyl (C=O) groups is 1. The lowest BCUT2D eigenvalue weighted by atomic mass is 9.92. The maximum Gasteiger partial charge on any atom is 0.272 e. The Bertz CT molecular complexity index is 401. The van der Waals surface area contributed by atoms with Gasteiger partial charge in [0.2, 0.25) is 0 Å². The van der Waals surface area contributed by atoms with Crippen molar-refractivity contribution in [3.8, 4) is 0 Å². The molecule has 0 bridgehead atoms. The second-order valence-electron chi connectivity index (χ2n) is 4.44. The van der Waals surface area contributed by atoms with Crippen molar-refractivity contribution in [1.82, 2.24) is 9.88 Å². The molecule has 4 nitrogen and oxygen atoms in total. The Hall–Kier alpha value is -1.58. The van der Waals surface area contributed by atoms with Gasteiger partial charge >= 0.3 is 0 Å². The van der Waals surface area contributed by atoms with E-state index >= 15 is 0 Å². The molecule has 1 aliphatic carbocycles. The van der Waals surface area contributed by atoms with Crippen LogP contribution in [0.5, 0.6) is 0 Å². The molecule has 1 heterocycles. The second kappa shape index (κ2) is 5.17. The highest BCUT2D eigenvalue weighted by Crippen LogP contribution is 2.24. The fraction of sp³-hybridized carbons (Fsp3) is 0.538. The molecule has 0 unspecified atom stereocenters. The molecule has 1 aromatic rings. The van der Waals surface area contributed by atoms with E-state index in [0.29, 0.717) is 11.7 Å². The predicted molar refractivity (Wildman–Crippen MR) is 68.1 cm³/mol. The minimum Gasteiger partial charge on any atom is -0.370 e. The summed E-state index contributed by atoms with van der Waals surface area (Å²) in [5.41, 5.74) is 0.526. The van der Waals surface area contributed by atoms with Gasteiger partial charge in [0.05, 0.1) is 0 Å². The first-order chi connectivity index (χ1) is 8.22. The van der Waals surface area contributed by atoms with Gasteiger partial charge in [0, 0.05) is 19.6 Å². The van der Waals surface area contributed by atoms with Gasteiger partial charge in [-0.05, 0) is 38.3 Å². The molecule has 4 heteroatoms. The molecule has 0 atom stereocenters. The standard InChI is InChI=1S/C13H19N3O/c1-3-14-12-9-5-8-11(15-12)13(17)16(2)10-6-4-7-10/h5,8-10H,3-4,6-7H2,1-2H3,(H,14,15). The summed E-state index contributed by atoms with van der Waals surface area (Å²) in [7, 11) is 1.87. The van der Waals surface area contributed by atoms with E-state index in [0.717, 1.165) is 25.2 Å². The van der Waals surface area contributed by atoms with Crippen LogP contribution in [0.2, 0.25) is 0 Å². The summed E-state index contributed by atoms with van der Waals surface area (Å²) < 4.78 is 0. The molecule has 1 N–H and O–H groups in total. The number of aromatic nitrogens is 1. The first-order valence-electron chi connectivity index (χ1n) is 6.20. The summed E-state index contributed by atoms with van der Waals surface area (Å²) in [4.78, 5) is 18.3. The fourth-order valence-corrected chi connectivity index (χ4v) is 1.95. The molecule has 92 valence electrons. The summed E-state index contributed by atoms with van der Waals surface area (Å²) in [6.45, 7) is 2.82. The van der Waals surface area contributed by atoms with Crippen LogP contribution >= 0.6 is 0 Å². The Morgan fingerprint density at radius 2 is 2.29 bits per heavy atom. The van der Waals surface area contributed by atoms with Crippen LogP contribution in [-0.4, -0.2) is 35.4 Å². The average molecular weight is 233 g/mol. The number of hydrogen-bond donors (Lipinski definition) is 1. The predicted octanol–water partition coefficient (Wildman–Crippen LogP) is 2.14. The summed E-state index contributed by atoms with van der Waals surface area (Å²) >= 11 is 0. The molecule has 0 spiro atoms. The van der Waals surface area contributed by atoms with Crippen molar-refractivity contribution >= 4 is 11.7 Å². The zero-order valence-electron chi connectivity index (χ0n) is 10.4. The average Bonchev–Trinajstić information content (AvgIpc) is 2.26. The van der Waals surface area contributed by atoms with Crippen LogP contribution in [0, 0.1) is 0 Å². The van der Waals surface area contributed by atoms with Crippen molar-refractivity contribution in [2.24, 2.45) is 0 Å². The first-order valence-corrected chi connectivity index (χ1v) is 6.20. The van der Waals surface area contributed by atoms with Gasteiger partial charge < -0.3 is 10.2 Å². The zero-order valence-corrected chi connectivity index (χ0v) is 10.4. The van der Waals surface area contributed by atoms with Gasteiger partial charge in [-0.1, -0.05) is 6.07 Å². The highest BCUT2D eigenvalue weighted by atomic mass is 16.2. The van der Waals surface area contributed by atoms with E-state index in [-0.39, 0.29) is 5.91 Å². The molecule has 1 aromatic heterocycles. The van der Waals surface area contributed by atoms with E-state index in [2.05, 4.69) is 10.3 Å². The van der Waals surface area contributed by atoms with Gasteiger partial charge in [-0.25, -0.2) is 4.98 Å². The number of rotatable bonds is 4. The van der Waals surface area contributed by atoms with Crippen LogP contribution in [0.4, 0.5) is 5.82 Å². The van der Waals surface area contributed by atoms with Crippen LogP contribution in [-0.2, 0) is 0 Å². The van der Waals surface area contributed by atoms with Gasteiger partial charge in [-0.15, -0.1) is 0 Å². The van der Waals surface area contributed by atoms with Crippen molar-refractivity contribution in [3.63, 3.8) is 0 Å². The van der Waals surface area contributed by atoms with Crippen LogP contribution < -0.4 is 5.32 Å². The van der Waals surface area contributed by atoms with E-state index < -0.39 is 0 Å². The summed E-state index contributed by atoms with van der Waals surface area (Å²) in [6, 6.07) is 5.93. The molecule has 1 saturated carbocycles. The van der Waals surface area contributed by atoms with Crippen LogP contribution in [0.1, 0.15) is 36.7 Å². The van der Waals surface area contributed by atoms with Crippen molar-refractivity contribution in [1.29, 1.82) is 0 Å². The number of nitrogens with zero attached hydrogens (tertiary/aromatic N) is 2. The minimum absolute atomic E-state index is 0.0226. The van der Waals surface area contributed by atoms with Gasteiger partial charge in [0.15, 0.2) is 0 Å².